The summed E-state index contributed by atoms with van der Waals surface area (Å²) in [4.78, 5) is 35.4. The van der Waals surface area contributed by atoms with E-state index < -0.39 is 11.9 Å². The molecule has 2 aromatic heterocycles. The Morgan fingerprint density at radius 2 is 1.53 bits per heavy atom. The van der Waals surface area contributed by atoms with Crippen molar-refractivity contribution >= 4 is 34.7 Å². The molecule has 304 valence electrons. The van der Waals surface area contributed by atoms with Crippen LogP contribution < -0.4 is 29.7 Å². The summed E-state index contributed by atoms with van der Waals surface area (Å²) in [5.74, 6) is 0.658. The van der Waals surface area contributed by atoms with Crippen LogP contribution in [0, 0.1) is 0 Å². The highest BCUT2D eigenvalue weighted by Crippen LogP contribution is 2.43. The van der Waals surface area contributed by atoms with Gasteiger partial charge in [-0.3, -0.25) is 9.97 Å². The molecular formula is C48H45N5O7. The van der Waals surface area contributed by atoms with Gasteiger partial charge in [0.15, 0.2) is 0 Å². The normalized spacial score (nSPS) is 16.6. The highest BCUT2D eigenvalue weighted by molar-refractivity contribution is 5.95. The van der Waals surface area contributed by atoms with E-state index in [4.69, 9.17) is 19.2 Å². The number of fused-ring (bicyclic) bond motifs is 3. The summed E-state index contributed by atoms with van der Waals surface area (Å²) in [6, 6.07) is 29.8. The number of pyridine rings is 2. The lowest BCUT2D eigenvalue weighted by Crippen LogP contribution is -2.29. The molecule has 4 N–H and O–H groups in total. The zero-order chi connectivity index (χ0) is 41.2. The van der Waals surface area contributed by atoms with E-state index >= 15 is 0 Å². The van der Waals surface area contributed by atoms with Gasteiger partial charge in [0.25, 0.3) is 0 Å². The van der Waals surface area contributed by atoms with Gasteiger partial charge in [0.2, 0.25) is 0 Å². The van der Waals surface area contributed by atoms with Crippen LogP contribution >= 0.6 is 0 Å². The summed E-state index contributed by atoms with van der Waals surface area (Å²) in [5.41, 5.74) is 10.3. The first-order valence-electron chi connectivity index (χ1n) is 20.3. The number of ether oxygens (including phenoxy) is 3. The summed E-state index contributed by atoms with van der Waals surface area (Å²) in [5, 5.41) is 26.7. The number of benzene rings is 4. The lowest BCUT2D eigenvalue weighted by atomic mass is 9.82. The van der Waals surface area contributed by atoms with E-state index in [-0.39, 0.29) is 23.0 Å². The van der Waals surface area contributed by atoms with Crippen molar-refractivity contribution in [2.75, 3.05) is 55.5 Å². The van der Waals surface area contributed by atoms with E-state index in [1.807, 2.05) is 48.5 Å². The SMILES string of the molecule is COc1ccccc1-c1ccc2c(c1)OCCC2CNc1cnc(-c2ccc3c(c2)OCCN3c2ccc3c(c2)CCCC3CNc2cnccc2C(=O)O)cc1C(=O)O. The fourth-order valence-corrected chi connectivity index (χ4v) is 8.77. The second-order valence-electron chi connectivity index (χ2n) is 15.4. The molecule has 0 radical (unpaired) electrons. The minimum absolute atomic E-state index is 0.113. The molecule has 0 spiro atoms. The summed E-state index contributed by atoms with van der Waals surface area (Å²) in [6.45, 7) is 2.87. The minimum Gasteiger partial charge on any atom is -0.496 e. The molecule has 3 aliphatic rings. The van der Waals surface area contributed by atoms with E-state index in [2.05, 4.69) is 50.8 Å². The predicted molar refractivity (Wildman–Crippen MR) is 231 cm³/mol. The number of nitrogens with one attached hydrogen (secondary N) is 2. The van der Waals surface area contributed by atoms with Gasteiger partial charge < -0.3 is 40.0 Å². The minimum atomic E-state index is -1.04. The number of nitrogens with zero attached hydrogens (tertiary/aromatic N) is 3. The van der Waals surface area contributed by atoms with Crippen molar-refractivity contribution in [2.24, 2.45) is 0 Å². The first-order valence-corrected chi connectivity index (χ1v) is 20.3. The van der Waals surface area contributed by atoms with Gasteiger partial charge in [-0.1, -0.05) is 42.5 Å². The molecule has 2 aliphatic heterocycles. The van der Waals surface area contributed by atoms with Crippen LogP contribution in [0.25, 0.3) is 22.4 Å². The molecule has 9 rings (SSSR count). The van der Waals surface area contributed by atoms with Crippen LogP contribution in [0.4, 0.5) is 22.7 Å². The third-order valence-electron chi connectivity index (χ3n) is 11.9. The van der Waals surface area contributed by atoms with Crippen LogP contribution in [0.2, 0.25) is 0 Å². The highest BCUT2D eigenvalue weighted by Gasteiger charge is 2.27. The molecule has 4 aromatic carbocycles. The number of para-hydroxylation sites is 1. The molecule has 4 heterocycles. The number of aromatic carboxylic acids is 2. The van der Waals surface area contributed by atoms with Crippen molar-refractivity contribution in [2.45, 2.75) is 37.5 Å². The molecule has 2 atom stereocenters. The molecular weight excluding hydrogens is 759 g/mol. The molecule has 12 nitrogen and oxygen atoms in total. The van der Waals surface area contributed by atoms with Crippen molar-refractivity contribution < 1.29 is 34.0 Å². The fourth-order valence-electron chi connectivity index (χ4n) is 8.77. The van der Waals surface area contributed by atoms with E-state index in [1.165, 1.54) is 23.4 Å². The quantitative estimate of drug-likeness (QED) is 0.0932. The van der Waals surface area contributed by atoms with Crippen LogP contribution in [0.3, 0.4) is 0 Å². The van der Waals surface area contributed by atoms with Gasteiger partial charge in [0, 0.05) is 47.9 Å². The molecule has 0 saturated heterocycles. The predicted octanol–water partition coefficient (Wildman–Crippen LogP) is 9.26. The van der Waals surface area contributed by atoms with Crippen molar-refractivity contribution in [3.8, 4) is 39.6 Å². The summed E-state index contributed by atoms with van der Waals surface area (Å²) < 4.78 is 17.8. The maximum absolute atomic E-state index is 12.6. The van der Waals surface area contributed by atoms with Crippen molar-refractivity contribution in [1.82, 2.24) is 9.97 Å². The second-order valence-corrected chi connectivity index (χ2v) is 15.4. The number of carboxylic acid groups (broad SMARTS) is 2. The number of anilines is 4. The molecule has 60 heavy (non-hydrogen) atoms. The number of hydrogen-bond donors (Lipinski definition) is 4. The second kappa shape index (κ2) is 16.6. The molecule has 0 amide bonds. The molecule has 2 unspecified atom stereocenters. The topological polar surface area (TPSA) is 155 Å². The number of carbonyl (C=O) groups is 2. The number of carboxylic acids is 2. The van der Waals surface area contributed by atoms with Crippen molar-refractivity contribution in [3.63, 3.8) is 0 Å². The van der Waals surface area contributed by atoms with Crippen LogP contribution in [0.1, 0.15) is 68.5 Å². The maximum Gasteiger partial charge on any atom is 0.337 e. The van der Waals surface area contributed by atoms with Gasteiger partial charge >= 0.3 is 11.9 Å². The summed E-state index contributed by atoms with van der Waals surface area (Å²) in [7, 11) is 1.67. The van der Waals surface area contributed by atoms with Crippen molar-refractivity contribution in [3.05, 3.63) is 137 Å². The number of aryl methyl sites for hydroxylation is 1. The first kappa shape index (κ1) is 38.4. The third kappa shape index (κ3) is 7.63. The average Bonchev–Trinajstić information content (AvgIpc) is 3.29. The van der Waals surface area contributed by atoms with Gasteiger partial charge in [0.1, 0.15) is 23.9 Å². The molecule has 1 aliphatic carbocycles. The highest BCUT2D eigenvalue weighted by atomic mass is 16.5. The van der Waals surface area contributed by atoms with Crippen LogP contribution in [0.5, 0.6) is 17.2 Å². The first-order chi connectivity index (χ1) is 29.3. The molecule has 0 fully saturated rings. The molecule has 12 heteroatoms. The van der Waals surface area contributed by atoms with Gasteiger partial charge in [-0.2, -0.15) is 0 Å². The lowest BCUT2D eigenvalue weighted by molar-refractivity contribution is 0.0687. The Bertz CT molecular complexity index is 2600. The zero-order valence-electron chi connectivity index (χ0n) is 33.2. The number of rotatable bonds is 12. The van der Waals surface area contributed by atoms with Gasteiger partial charge in [-0.15, -0.1) is 0 Å². The number of aromatic nitrogens is 2. The Balaban J connectivity index is 0.900. The Morgan fingerprint density at radius 3 is 2.37 bits per heavy atom. The van der Waals surface area contributed by atoms with Crippen LogP contribution in [0.15, 0.2) is 110 Å². The van der Waals surface area contributed by atoms with Crippen LogP contribution in [-0.4, -0.2) is 72.1 Å². The van der Waals surface area contributed by atoms with E-state index in [1.54, 1.807) is 25.6 Å². The van der Waals surface area contributed by atoms with E-state index in [0.717, 1.165) is 70.8 Å². The Hall–Kier alpha value is -7.08. The van der Waals surface area contributed by atoms with E-state index in [9.17, 15) is 19.8 Å². The van der Waals surface area contributed by atoms with Crippen molar-refractivity contribution in [1.29, 1.82) is 0 Å². The standard InChI is InChI=1S/C48H45N5O7/c1-58-44-8-3-2-7-36(44)30-9-12-37-33(16-19-59-45(37)22-30)26-51-42-28-52-40(24-39(42)48(56)57)31-10-14-43-46(23-31)60-20-18-53(43)34-11-13-35-29(21-34)5-4-6-32(35)25-50-41-27-49-17-15-38(41)47(54)55/h2-3,7-15,17,21-24,27-28,32-33,50-51H,4-6,16,18-20,25-26H2,1H3,(H,54,55)(H,56,57). The van der Waals surface area contributed by atoms with Gasteiger partial charge in [-0.25, -0.2) is 9.59 Å². The smallest absolute Gasteiger partial charge is 0.337 e. The third-order valence-corrected chi connectivity index (χ3v) is 11.9. The maximum atomic E-state index is 12.6. The number of methoxy groups -OCH3 is 1. The Morgan fingerprint density at radius 1 is 0.783 bits per heavy atom. The van der Waals surface area contributed by atoms with E-state index in [0.29, 0.717) is 55.7 Å². The molecule has 0 saturated carbocycles. The fraction of sp³-hybridized carbons (Fsp3) is 0.250. The average molecular weight is 804 g/mol. The molecule has 0 bridgehead atoms. The zero-order valence-corrected chi connectivity index (χ0v) is 33.2. The summed E-state index contributed by atoms with van der Waals surface area (Å²) >= 11 is 0. The van der Waals surface area contributed by atoms with Gasteiger partial charge in [-0.05, 0) is 96.5 Å². The Labute approximate surface area is 347 Å². The van der Waals surface area contributed by atoms with Gasteiger partial charge in [0.05, 0.1) is 66.5 Å². The molecule has 6 aromatic rings. The number of hydrogen-bond acceptors (Lipinski definition) is 10. The summed E-state index contributed by atoms with van der Waals surface area (Å²) in [6.07, 6.45) is 8.48. The van der Waals surface area contributed by atoms with Crippen LogP contribution in [-0.2, 0) is 6.42 Å². The lowest BCUT2D eigenvalue weighted by Gasteiger charge is -2.33. The Kier molecular flexibility index (Phi) is 10.7. The largest absolute Gasteiger partial charge is 0.496 e. The monoisotopic (exact) mass is 803 g/mol.